The first-order valence-corrected chi connectivity index (χ1v) is 9.81. The highest BCUT2D eigenvalue weighted by atomic mass is 16.7. The third kappa shape index (κ3) is 6.04. The standard InChI is InChI=1S/C22H27N3O4/c1-17-12-13-20(14-24(17)15-21(26)27)25(29-16-18-8-4-2-5-9-18)22(28)23-19-10-6-3-7-11-19/h2-11,17,20H,12-16H2,1H3,(H,23,28)(H,26,27)/t17-,20?/m1/s1. The highest BCUT2D eigenvalue weighted by Gasteiger charge is 2.33. The maximum atomic E-state index is 13.0. The summed E-state index contributed by atoms with van der Waals surface area (Å²) in [5.41, 5.74) is 1.63. The van der Waals surface area contributed by atoms with E-state index in [1.54, 1.807) is 0 Å². The minimum atomic E-state index is -0.872. The van der Waals surface area contributed by atoms with E-state index in [4.69, 9.17) is 4.84 Å². The summed E-state index contributed by atoms with van der Waals surface area (Å²) < 4.78 is 0. The molecule has 0 aromatic heterocycles. The SMILES string of the molecule is C[C@@H]1CCC(N(OCc2ccccc2)C(=O)Nc2ccccc2)CN1CC(=O)O. The molecule has 1 fully saturated rings. The average molecular weight is 397 g/mol. The van der Waals surface area contributed by atoms with Crippen LogP contribution >= 0.6 is 0 Å². The number of rotatable bonds is 7. The fourth-order valence-electron chi connectivity index (χ4n) is 3.49. The van der Waals surface area contributed by atoms with E-state index in [-0.39, 0.29) is 31.3 Å². The second-order valence-electron chi connectivity index (χ2n) is 7.28. The predicted octanol–water partition coefficient (Wildman–Crippen LogP) is 3.59. The summed E-state index contributed by atoms with van der Waals surface area (Å²) in [5.74, 6) is -0.872. The normalized spacial score (nSPS) is 19.5. The number of amides is 2. The number of hydrogen-bond donors (Lipinski definition) is 2. The van der Waals surface area contributed by atoms with Gasteiger partial charge in [-0.2, -0.15) is 5.06 Å². The van der Waals surface area contributed by atoms with E-state index < -0.39 is 5.97 Å². The maximum Gasteiger partial charge on any atom is 0.346 e. The van der Waals surface area contributed by atoms with Gasteiger partial charge in [0.1, 0.15) is 6.61 Å². The molecule has 1 aliphatic rings. The van der Waals surface area contributed by atoms with Gasteiger partial charge in [-0.3, -0.25) is 14.5 Å². The first-order valence-electron chi connectivity index (χ1n) is 9.81. The van der Waals surface area contributed by atoms with E-state index in [2.05, 4.69) is 5.32 Å². The van der Waals surface area contributed by atoms with Gasteiger partial charge in [0.25, 0.3) is 0 Å². The van der Waals surface area contributed by atoms with Gasteiger partial charge in [-0.1, -0.05) is 48.5 Å². The molecule has 3 rings (SSSR count). The number of anilines is 1. The van der Waals surface area contributed by atoms with Crippen LogP contribution < -0.4 is 5.32 Å². The molecule has 2 amide bonds. The molecule has 0 aliphatic carbocycles. The van der Waals surface area contributed by atoms with E-state index in [1.165, 1.54) is 5.06 Å². The van der Waals surface area contributed by atoms with Crippen molar-refractivity contribution in [2.24, 2.45) is 0 Å². The molecule has 7 heteroatoms. The Bertz CT molecular complexity index is 800. The number of hydroxylamine groups is 2. The molecule has 2 aromatic rings. The number of para-hydroxylation sites is 1. The third-order valence-electron chi connectivity index (χ3n) is 5.09. The van der Waals surface area contributed by atoms with Crippen molar-refractivity contribution in [3.8, 4) is 0 Å². The van der Waals surface area contributed by atoms with Crippen molar-refractivity contribution in [1.29, 1.82) is 0 Å². The third-order valence-corrected chi connectivity index (χ3v) is 5.09. The van der Waals surface area contributed by atoms with Crippen LogP contribution in [0.15, 0.2) is 60.7 Å². The molecule has 1 aliphatic heterocycles. The molecule has 2 atom stereocenters. The fourth-order valence-corrected chi connectivity index (χ4v) is 3.49. The Hall–Kier alpha value is -2.90. The van der Waals surface area contributed by atoms with Crippen LogP contribution in [-0.2, 0) is 16.2 Å². The molecule has 1 unspecified atom stereocenters. The second-order valence-corrected chi connectivity index (χ2v) is 7.28. The van der Waals surface area contributed by atoms with Gasteiger partial charge in [-0.15, -0.1) is 0 Å². The van der Waals surface area contributed by atoms with Crippen LogP contribution in [-0.4, -0.2) is 52.2 Å². The minimum absolute atomic E-state index is 0.0511. The van der Waals surface area contributed by atoms with E-state index in [1.807, 2.05) is 72.5 Å². The molecule has 0 bridgehead atoms. The number of carbonyl (C=O) groups is 2. The largest absolute Gasteiger partial charge is 0.480 e. The van der Waals surface area contributed by atoms with Gasteiger partial charge < -0.3 is 10.4 Å². The van der Waals surface area contributed by atoms with Crippen LogP contribution in [0.5, 0.6) is 0 Å². The zero-order valence-corrected chi connectivity index (χ0v) is 16.5. The highest BCUT2D eigenvalue weighted by molar-refractivity contribution is 5.88. The van der Waals surface area contributed by atoms with Gasteiger partial charge >= 0.3 is 12.0 Å². The van der Waals surface area contributed by atoms with Crippen molar-refractivity contribution in [3.05, 3.63) is 66.2 Å². The lowest BCUT2D eigenvalue weighted by Crippen LogP contribution is -2.54. The summed E-state index contributed by atoms with van der Waals surface area (Å²) in [6.45, 7) is 2.67. The first-order chi connectivity index (χ1) is 14.0. The second kappa shape index (κ2) is 10.0. The zero-order chi connectivity index (χ0) is 20.6. The minimum Gasteiger partial charge on any atom is -0.480 e. The first kappa shape index (κ1) is 20.8. The Morgan fingerprint density at radius 3 is 2.41 bits per heavy atom. The number of carbonyl (C=O) groups excluding carboxylic acids is 1. The van der Waals surface area contributed by atoms with Gasteiger partial charge in [-0.25, -0.2) is 4.79 Å². The molecular formula is C22H27N3O4. The van der Waals surface area contributed by atoms with Crippen LogP contribution in [0.2, 0.25) is 0 Å². The number of likely N-dealkylation sites (tertiary alicyclic amines) is 1. The summed E-state index contributed by atoms with van der Waals surface area (Å²) >= 11 is 0. The molecule has 7 nitrogen and oxygen atoms in total. The van der Waals surface area contributed by atoms with E-state index in [0.717, 1.165) is 18.4 Å². The van der Waals surface area contributed by atoms with Gasteiger partial charge in [0.05, 0.1) is 12.6 Å². The Kier molecular flexibility index (Phi) is 7.21. The van der Waals surface area contributed by atoms with Crippen LogP contribution in [0.3, 0.4) is 0 Å². The molecule has 0 saturated carbocycles. The lowest BCUT2D eigenvalue weighted by atomic mass is 9.99. The van der Waals surface area contributed by atoms with Gasteiger partial charge in [-0.05, 0) is 37.5 Å². The molecule has 0 radical (unpaired) electrons. The van der Waals surface area contributed by atoms with E-state index in [9.17, 15) is 14.7 Å². The number of urea groups is 1. The summed E-state index contributed by atoms with van der Waals surface area (Å²) in [6, 6.07) is 18.4. The van der Waals surface area contributed by atoms with Crippen LogP contribution in [0, 0.1) is 0 Å². The average Bonchev–Trinajstić information content (AvgIpc) is 2.71. The number of benzene rings is 2. The Morgan fingerprint density at radius 2 is 1.76 bits per heavy atom. The number of aliphatic carboxylic acids is 1. The molecule has 1 heterocycles. The highest BCUT2D eigenvalue weighted by Crippen LogP contribution is 2.23. The smallest absolute Gasteiger partial charge is 0.346 e. The Labute approximate surface area is 170 Å². The van der Waals surface area contributed by atoms with Gasteiger partial charge in [0, 0.05) is 18.3 Å². The molecule has 1 saturated heterocycles. The fraction of sp³-hybridized carbons (Fsp3) is 0.364. The van der Waals surface area contributed by atoms with Crippen molar-refractivity contribution in [2.45, 2.75) is 38.5 Å². The Balaban J connectivity index is 1.73. The quantitative estimate of drug-likeness (QED) is 0.698. The number of piperidine rings is 1. The number of hydrogen-bond acceptors (Lipinski definition) is 4. The van der Waals surface area contributed by atoms with Crippen molar-refractivity contribution in [2.75, 3.05) is 18.4 Å². The molecule has 2 aromatic carbocycles. The Morgan fingerprint density at radius 1 is 1.10 bits per heavy atom. The number of carboxylic acid groups (broad SMARTS) is 1. The lowest BCUT2D eigenvalue weighted by molar-refractivity contribution is -0.165. The predicted molar refractivity (Wildman–Crippen MR) is 110 cm³/mol. The van der Waals surface area contributed by atoms with Gasteiger partial charge in [0.15, 0.2) is 0 Å². The lowest BCUT2D eigenvalue weighted by Gasteiger charge is -2.41. The summed E-state index contributed by atoms with van der Waals surface area (Å²) in [5, 5.41) is 13.4. The molecule has 154 valence electrons. The van der Waals surface area contributed by atoms with Crippen LogP contribution in [0.4, 0.5) is 10.5 Å². The molecular weight excluding hydrogens is 370 g/mol. The van der Waals surface area contributed by atoms with Crippen molar-refractivity contribution >= 4 is 17.7 Å². The van der Waals surface area contributed by atoms with Crippen molar-refractivity contribution in [3.63, 3.8) is 0 Å². The van der Waals surface area contributed by atoms with Crippen LogP contribution in [0.25, 0.3) is 0 Å². The van der Waals surface area contributed by atoms with Crippen molar-refractivity contribution < 1.29 is 19.5 Å². The number of nitrogens with zero attached hydrogens (tertiary/aromatic N) is 2. The zero-order valence-electron chi connectivity index (χ0n) is 16.5. The van der Waals surface area contributed by atoms with Crippen molar-refractivity contribution in [1.82, 2.24) is 9.96 Å². The summed E-state index contributed by atoms with van der Waals surface area (Å²) in [7, 11) is 0. The monoisotopic (exact) mass is 397 g/mol. The van der Waals surface area contributed by atoms with Gasteiger partial charge in [0.2, 0.25) is 0 Å². The number of nitrogens with one attached hydrogen (secondary N) is 1. The number of carboxylic acids is 1. The molecule has 0 spiro atoms. The van der Waals surface area contributed by atoms with E-state index in [0.29, 0.717) is 12.2 Å². The topological polar surface area (TPSA) is 82.1 Å². The summed E-state index contributed by atoms with van der Waals surface area (Å²) in [4.78, 5) is 32.0. The molecule has 2 N–H and O–H groups in total. The maximum absolute atomic E-state index is 13.0. The van der Waals surface area contributed by atoms with E-state index >= 15 is 0 Å². The van der Waals surface area contributed by atoms with Crippen LogP contribution in [0.1, 0.15) is 25.3 Å². The molecule has 29 heavy (non-hydrogen) atoms. The summed E-state index contributed by atoms with van der Waals surface area (Å²) in [6.07, 6.45) is 1.54.